The van der Waals surface area contributed by atoms with Gasteiger partial charge in [0.15, 0.2) is 4.34 Å². The van der Waals surface area contributed by atoms with Crippen LogP contribution in [0.1, 0.15) is 5.69 Å². The Balaban J connectivity index is 1.59. The Morgan fingerprint density at radius 1 is 1.30 bits per heavy atom. The molecule has 0 fully saturated rings. The molecule has 0 spiro atoms. The normalized spacial score (nSPS) is 10.7. The van der Waals surface area contributed by atoms with Crippen molar-refractivity contribution in [2.75, 3.05) is 11.9 Å². The molecule has 0 bridgehead atoms. The molecule has 2 aromatic heterocycles. The molecule has 2 heterocycles. The van der Waals surface area contributed by atoms with Crippen LogP contribution in [-0.4, -0.2) is 21.7 Å². The van der Waals surface area contributed by atoms with E-state index in [4.69, 9.17) is 4.42 Å². The van der Waals surface area contributed by atoms with E-state index in [0.29, 0.717) is 18.2 Å². The molecule has 0 saturated carbocycles. The molecule has 5 nitrogen and oxygen atoms in total. The number of thioether (sulfide) groups is 1. The Hall–Kier alpha value is -2.19. The van der Waals surface area contributed by atoms with Gasteiger partial charge >= 0.3 is 0 Å². The van der Waals surface area contributed by atoms with Gasteiger partial charge in [0, 0.05) is 17.9 Å². The van der Waals surface area contributed by atoms with Crippen molar-refractivity contribution in [3.8, 4) is 11.5 Å². The van der Waals surface area contributed by atoms with Crippen molar-refractivity contribution in [3.05, 3.63) is 54.7 Å². The van der Waals surface area contributed by atoms with Gasteiger partial charge in [0.1, 0.15) is 12.1 Å². The average Bonchev–Trinajstić information content (AvgIpc) is 3.21. The van der Waals surface area contributed by atoms with Crippen LogP contribution in [0.4, 0.5) is 9.52 Å². The van der Waals surface area contributed by atoms with Gasteiger partial charge < -0.3 is 9.73 Å². The lowest BCUT2D eigenvalue weighted by atomic mass is 10.2. The molecule has 23 heavy (non-hydrogen) atoms. The van der Waals surface area contributed by atoms with Crippen molar-refractivity contribution in [1.82, 2.24) is 15.2 Å². The van der Waals surface area contributed by atoms with Crippen LogP contribution in [0.2, 0.25) is 0 Å². The molecule has 0 aliphatic carbocycles. The van der Waals surface area contributed by atoms with E-state index in [1.165, 1.54) is 35.2 Å². The molecule has 1 N–H and O–H groups in total. The third-order valence-electron chi connectivity index (χ3n) is 2.79. The first-order valence-electron chi connectivity index (χ1n) is 6.76. The zero-order valence-electron chi connectivity index (χ0n) is 12.0. The largest absolute Gasteiger partial charge is 0.444 e. The summed E-state index contributed by atoms with van der Waals surface area (Å²) < 4.78 is 19.2. The fourth-order valence-corrected chi connectivity index (χ4v) is 3.37. The fourth-order valence-electron chi connectivity index (χ4n) is 1.73. The van der Waals surface area contributed by atoms with E-state index in [1.54, 1.807) is 24.5 Å². The lowest BCUT2D eigenvalue weighted by molar-refractivity contribution is 0.573. The van der Waals surface area contributed by atoms with E-state index in [9.17, 15) is 4.39 Å². The molecule has 0 saturated heterocycles. The van der Waals surface area contributed by atoms with Crippen LogP contribution in [0.15, 0.2) is 51.9 Å². The number of aromatic nitrogens is 3. The minimum Gasteiger partial charge on any atom is -0.444 e. The summed E-state index contributed by atoms with van der Waals surface area (Å²) in [4.78, 5) is 4.40. The molecule has 0 atom stereocenters. The third-order valence-corrected chi connectivity index (χ3v) is 4.84. The van der Waals surface area contributed by atoms with E-state index >= 15 is 0 Å². The zero-order valence-corrected chi connectivity index (χ0v) is 13.7. The maximum atomic E-state index is 12.9. The fraction of sp³-hybridized carbons (Fsp3) is 0.133. The van der Waals surface area contributed by atoms with Crippen LogP contribution in [0.25, 0.3) is 11.5 Å². The predicted octanol–water partition coefficient (Wildman–Crippen LogP) is 4.22. The van der Waals surface area contributed by atoms with Crippen LogP contribution in [-0.2, 0) is 5.75 Å². The molecule has 3 rings (SSSR count). The molecule has 0 aliphatic rings. The van der Waals surface area contributed by atoms with Crippen LogP contribution in [0.5, 0.6) is 0 Å². The summed E-state index contributed by atoms with van der Waals surface area (Å²) in [5, 5.41) is 12.0. The van der Waals surface area contributed by atoms with Crippen LogP contribution < -0.4 is 5.32 Å². The van der Waals surface area contributed by atoms with Crippen LogP contribution in [0.3, 0.4) is 0 Å². The number of hydrogen-bond donors (Lipinski definition) is 1. The minimum atomic E-state index is -0.284. The van der Waals surface area contributed by atoms with Crippen molar-refractivity contribution in [1.29, 1.82) is 0 Å². The number of hydrogen-bond acceptors (Lipinski definition) is 7. The summed E-state index contributed by atoms with van der Waals surface area (Å²) in [6.45, 7) is 4.30. The van der Waals surface area contributed by atoms with Crippen molar-refractivity contribution >= 4 is 28.2 Å². The Morgan fingerprint density at radius 2 is 2.13 bits per heavy atom. The monoisotopic (exact) mass is 348 g/mol. The van der Waals surface area contributed by atoms with Gasteiger partial charge in [0.25, 0.3) is 0 Å². The summed E-state index contributed by atoms with van der Waals surface area (Å²) in [5.41, 5.74) is 1.54. The standard InChI is InChI=1S/C15H13FN4OS2/c1-2-7-17-14-19-20-15(23-14)22-9-12-8-21-13(18-12)10-3-5-11(16)6-4-10/h2-6,8H,1,7,9H2,(H,17,19). The lowest BCUT2D eigenvalue weighted by Gasteiger charge is -1.94. The van der Waals surface area contributed by atoms with Gasteiger partial charge in [-0.3, -0.25) is 0 Å². The molecule has 0 aliphatic heterocycles. The van der Waals surface area contributed by atoms with Crippen LogP contribution in [0, 0.1) is 5.82 Å². The first-order chi connectivity index (χ1) is 11.2. The molecule has 3 aromatic rings. The second kappa shape index (κ2) is 7.38. The minimum absolute atomic E-state index is 0.284. The van der Waals surface area contributed by atoms with Crippen molar-refractivity contribution in [3.63, 3.8) is 0 Å². The van der Waals surface area contributed by atoms with Gasteiger partial charge in [-0.25, -0.2) is 9.37 Å². The second-order valence-corrected chi connectivity index (χ2v) is 6.68. The first-order valence-corrected chi connectivity index (χ1v) is 8.56. The highest BCUT2D eigenvalue weighted by Crippen LogP contribution is 2.29. The summed E-state index contributed by atoms with van der Waals surface area (Å²) in [6.07, 6.45) is 3.37. The summed E-state index contributed by atoms with van der Waals surface area (Å²) in [6, 6.07) is 6.04. The van der Waals surface area contributed by atoms with Gasteiger partial charge in [0.2, 0.25) is 11.0 Å². The number of oxazole rings is 1. The van der Waals surface area contributed by atoms with Gasteiger partial charge in [0.05, 0.1) is 5.69 Å². The second-order valence-electron chi connectivity index (χ2n) is 4.48. The SMILES string of the molecule is C=CCNc1nnc(SCc2coc(-c3ccc(F)cc3)n2)s1. The van der Waals surface area contributed by atoms with Crippen molar-refractivity contribution in [2.24, 2.45) is 0 Å². The first kappa shape index (κ1) is 15.7. The van der Waals surface area contributed by atoms with Crippen molar-refractivity contribution < 1.29 is 8.81 Å². The van der Waals surface area contributed by atoms with E-state index in [-0.39, 0.29) is 5.82 Å². The highest BCUT2D eigenvalue weighted by atomic mass is 32.2. The molecule has 8 heteroatoms. The molecule has 1 aromatic carbocycles. The predicted molar refractivity (Wildman–Crippen MR) is 90.1 cm³/mol. The summed E-state index contributed by atoms with van der Waals surface area (Å²) in [7, 11) is 0. The highest BCUT2D eigenvalue weighted by molar-refractivity contribution is 8.00. The smallest absolute Gasteiger partial charge is 0.226 e. The number of rotatable bonds is 7. The third kappa shape index (κ3) is 4.17. The Kier molecular flexibility index (Phi) is 5.04. The highest BCUT2D eigenvalue weighted by Gasteiger charge is 2.09. The number of anilines is 1. The number of nitrogens with zero attached hydrogens (tertiary/aromatic N) is 3. The Labute approximate surface area is 140 Å². The zero-order chi connectivity index (χ0) is 16.1. The van der Waals surface area contributed by atoms with Crippen molar-refractivity contribution in [2.45, 2.75) is 10.1 Å². The molecular weight excluding hydrogens is 335 g/mol. The number of nitrogens with one attached hydrogen (secondary N) is 1. The van der Waals surface area contributed by atoms with Gasteiger partial charge in [-0.15, -0.1) is 16.8 Å². The molecular formula is C15H13FN4OS2. The topological polar surface area (TPSA) is 63.8 Å². The molecule has 0 radical (unpaired) electrons. The van der Waals surface area contributed by atoms with E-state index in [1.807, 2.05) is 0 Å². The van der Waals surface area contributed by atoms with E-state index < -0.39 is 0 Å². The Bertz CT molecular complexity index is 785. The summed E-state index contributed by atoms with van der Waals surface area (Å²) >= 11 is 3.01. The average molecular weight is 348 g/mol. The molecule has 0 amide bonds. The number of benzene rings is 1. The van der Waals surface area contributed by atoms with Gasteiger partial charge in [-0.1, -0.05) is 29.2 Å². The molecule has 118 valence electrons. The van der Waals surface area contributed by atoms with Gasteiger partial charge in [-0.2, -0.15) is 0 Å². The molecule has 0 unspecified atom stereocenters. The van der Waals surface area contributed by atoms with E-state index in [0.717, 1.165) is 20.7 Å². The Morgan fingerprint density at radius 3 is 2.91 bits per heavy atom. The number of halogens is 1. The lowest BCUT2D eigenvalue weighted by Crippen LogP contribution is -1.96. The summed E-state index contributed by atoms with van der Waals surface area (Å²) in [5.74, 6) is 0.820. The van der Waals surface area contributed by atoms with Crippen LogP contribution >= 0.6 is 23.1 Å². The maximum absolute atomic E-state index is 12.9. The maximum Gasteiger partial charge on any atom is 0.226 e. The quantitative estimate of drug-likeness (QED) is 0.509. The van der Waals surface area contributed by atoms with E-state index in [2.05, 4.69) is 27.1 Å². The van der Waals surface area contributed by atoms with Gasteiger partial charge in [-0.05, 0) is 24.3 Å².